The van der Waals surface area contributed by atoms with Crippen LogP contribution in [0.25, 0.3) is 68.3 Å². The van der Waals surface area contributed by atoms with Crippen molar-refractivity contribution in [1.29, 1.82) is 0 Å². The second-order valence-corrected chi connectivity index (χ2v) is 10.3. The van der Waals surface area contributed by atoms with Gasteiger partial charge >= 0.3 is 0 Å². The number of hydrogen-bond acceptors (Lipinski definition) is 6. The zero-order valence-electron chi connectivity index (χ0n) is 30.3. The lowest BCUT2D eigenvalue weighted by Crippen LogP contribution is -3.00. The van der Waals surface area contributed by atoms with Crippen molar-refractivity contribution in [1.82, 2.24) is 29.9 Å². The van der Waals surface area contributed by atoms with E-state index in [9.17, 15) is 0 Å². The van der Waals surface area contributed by atoms with Crippen molar-refractivity contribution in [3.8, 4) is 68.3 Å². The van der Waals surface area contributed by atoms with Gasteiger partial charge in [0.2, 0.25) is 0 Å². The number of halogens is 6. The van der Waals surface area contributed by atoms with Gasteiger partial charge in [0.05, 0.1) is 0 Å². The summed E-state index contributed by atoms with van der Waals surface area (Å²) in [6.45, 7) is 0. The van der Waals surface area contributed by atoms with Gasteiger partial charge in [-0.2, -0.15) is 0 Å². The van der Waals surface area contributed by atoms with Crippen LogP contribution in [0.1, 0.15) is 0 Å². The Morgan fingerprint density at radius 1 is 0.203 bits per heavy atom. The Balaban J connectivity index is -0.000000278. The monoisotopic (exact) mass is 930 g/mol. The van der Waals surface area contributed by atoms with Crippen LogP contribution in [0.15, 0.2) is 147 Å². The highest BCUT2D eigenvalue weighted by atomic mass is 35.5. The number of pyridine rings is 6. The van der Waals surface area contributed by atoms with Crippen molar-refractivity contribution < 1.29 is 132 Å². The van der Waals surface area contributed by atoms with Crippen LogP contribution >= 0.6 is 0 Å². The first-order valence-corrected chi connectivity index (χ1v) is 15.1. The van der Waals surface area contributed by atoms with Crippen molar-refractivity contribution in [2.45, 2.75) is 0 Å². The molecule has 23 heteroatoms. The van der Waals surface area contributed by atoms with Gasteiger partial charge in [0.1, 0.15) is 0 Å². The first-order chi connectivity index (χ1) is 23.8. The zero-order valence-corrected chi connectivity index (χ0v) is 34.8. The summed E-state index contributed by atoms with van der Waals surface area (Å²) in [6.07, 6.45) is 22.3. The molecule has 0 atom stereocenters. The molecule has 0 aliphatic heterocycles. The molecule has 17 nitrogen and oxygen atoms in total. The SMILES string of the molecule is O.O.O.O.O.[Cl-].[Cl-].[Cl-].[Cl-].[Cl-].[Cl-].c1cc(-c2nc(-c3cc[nH+]cc3)nc(-c3cc[nH+]cc3)n2)cc[nH+]1.c1cc(-c2nc(-c3cc[nH+]cc3)nc(-c3cc[nH+]cc3)n2)cc[nH+]1. The molecule has 0 amide bonds. The predicted molar refractivity (Wildman–Crippen MR) is 190 cm³/mol. The zero-order chi connectivity index (χ0) is 32.4. The van der Waals surface area contributed by atoms with E-state index in [-0.39, 0.29) is 102 Å². The van der Waals surface area contributed by atoms with Gasteiger partial charge in [0.15, 0.2) is 109 Å². The maximum atomic E-state index is 4.64. The molecule has 0 radical (unpaired) electrons. The summed E-state index contributed by atoms with van der Waals surface area (Å²) >= 11 is 0. The largest absolute Gasteiger partial charge is 1.00 e. The third kappa shape index (κ3) is 16.3. The molecule has 16 N–H and O–H groups in total. The van der Waals surface area contributed by atoms with Crippen molar-refractivity contribution in [3.63, 3.8) is 0 Å². The van der Waals surface area contributed by atoms with Gasteiger partial charge in [0.25, 0.3) is 0 Å². The second kappa shape index (κ2) is 31.5. The molecule has 0 saturated heterocycles. The Hall–Kier alpha value is -5.54. The molecule has 59 heavy (non-hydrogen) atoms. The smallest absolute Gasteiger partial charge is 0.167 e. The van der Waals surface area contributed by atoms with Crippen LogP contribution < -0.4 is 104 Å². The number of nitrogens with zero attached hydrogens (tertiary/aromatic N) is 6. The normalized spacial score (nSPS) is 8.54. The van der Waals surface area contributed by atoms with Crippen molar-refractivity contribution >= 4 is 0 Å². The van der Waals surface area contributed by atoms with Gasteiger partial charge in [-0.1, -0.05) is 0 Å². The standard InChI is InChI=1S/2C18H12N6.6ClH.5H2O/c2*1-7-19-8-2-13(1)16-22-17(14-3-9-20-10-4-14)24-18(23-16)15-5-11-21-12-6-15;;;;;;;;;;;/h2*1-12H;6*1H;5*1H2. The Morgan fingerprint density at radius 3 is 0.407 bits per heavy atom. The molecular formula is C36H40Cl6N12O5. The molecule has 8 heterocycles. The minimum atomic E-state index is 0. The summed E-state index contributed by atoms with van der Waals surface area (Å²) < 4.78 is 0. The lowest BCUT2D eigenvalue weighted by Gasteiger charge is -2.06. The first-order valence-electron chi connectivity index (χ1n) is 15.1. The molecule has 0 unspecified atom stereocenters. The molecule has 0 fully saturated rings. The highest BCUT2D eigenvalue weighted by molar-refractivity contribution is 5.66. The van der Waals surface area contributed by atoms with E-state index in [2.05, 4.69) is 59.8 Å². The quantitative estimate of drug-likeness (QED) is 0.156. The lowest BCUT2D eigenvalue weighted by atomic mass is 10.2. The summed E-state index contributed by atoms with van der Waals surface area (Å²) in [7, 11) is 0. The van der Waals surface area contributed by atoms with Crippen molar-refractivity contribution in [2.75, 3.05) is 0 Å². The van der Waals surface area contributed by atoms with Gasteiger partial charge < -0.3 is 102 Å². The Morgan fingerprint density at radius 2 is 0.305 bits per heavy atom. The van der Waals surface area contributed by atoms with Crippen molar-refractivity contribution in [2.24, 2.45) is 0 Å². The third-order valence-electron chi connectivity index (χ3n) is 7.13. The van der Waals surface area contributed by atoms with Crippen molar-refractivity contribution in [3.05, 3.63) is 147 Å². The maximum Gasteiger partial charge on any atom is 0.167 e. The molecule has 316 valence electrons. The van der Waals surface area contributed by atoms with E-state index in [1.54, 1.807) is 0 Å². The van der Waals surface area contributed by atoms with E-state index in [0.717, 1.165) is 33.4 Å². The van der Waals surface area contributed by atoms with Crippen LogP contribution in [0.4, 0.5) is 0 Å². The number of aromatic nitrogens is 12. The predicted octanol–water partition coefficient (Wildman–Crippen LogP) is -19.5. The molecule has 0 spiro atoms. The Bertz CT molecular complexity index is 1820. The number of aromatic amines is 6. The summed E-state index contributed by atoms with van der Waals surface area (Å²) in [5, 5.41) is 0. The van der Waals surface area contributed by atoms with E-state index >= 15 is 0 Å². The molecule has 0 aliphatic carbocycles. The van der Waals surface area contributed by atoms with Crippen LogP contribution in [-0.4, -0.2) is 57.3 Å². The topological polar surface area (TPSA) is 320 Å². The number of rotatable bonds is 6. The molecule has 8 aromatic rings. The minimum absolute atomic E-state index is 0. The minimum Gasteiger partial charge on any atom is -1.00 e. The van der Waals surface area contributed by atoms with Crippen LogP contribution in [-0.2, 0) is 0 Å². The van der Waals surface area contributed by atoms with E-state index in [4.69, 9.17) is 0 Å². The van der Waals surface area contributed by atoms with Gasteiger partial charge in [-0.15, -0.1) is 0 Å². The van der Waals surface area contributed by atoms with E-state index in [0.29, 0.717) is 34.9 Å². The summed E-state index contributed by atoms with van der Waals surface area (Å²) in [6, 6.07) is 23.3. The summed E-state index contributed by atoms with van der Waals surface area (Å²) in [5.74, 6) is 3.86. The molecule has 0 saturated carbocycles. The average Bonchev–Trinajstić information content (AvgIpc) is 3.20. The Labute approximate surface area is 375 Å². The van der Waals surface area contributed by atoms with Gasteiger partial charge in [-0.05, 0) is 0 Å². The molecule has 8 rings (SSSR count). The molecular weight excluding hydrogens is 893 g/mol. The fourth-order valence-electron chi connectivity index (χ4n) is 4.74. The molecule has 8 aromatic heterocycles. The van der Waals surface area contributed by atoms with Gasteiger partial charge in [-0.25, -0.2) is 59.8 Å². The summed E-state index contributed by atoms with van der Waals surface area (Å²) in [5.41, 5.74) is 5.60. The maximum absolute atomic E-state index is 4.64. The Kier molecular flexibility index (Phi) is 33.4. The highest BCUT2D eigenvalue weighted by Crippen LogP contribution is 2.24. The number of hydrogen-bond donors (Lipinski definition) is 0. The number of nitrogens with one attached hydrogen (secondary N) is 6. The average molecular weight is 934 g/mol. The highest BCUT2D eigenvalue weighted by Gasteiger charge is 2.14. The van der Waals surface area contributed by atoms with Crippen LogP contribution in [0.5, 0.6) is 0 Å². The first kappa shape index (κ1) is 62.6. The van der Waals surface area contributed by atoms with E-state index < -0.39 is 0 Å². The lowest BCUT2D eigenvalue weighted by molar-refractivity contribution is -0.378. The molecule has 0 aromatic carbocycles. The van der Waals surface area contributed by atoms with Crippen LogP contribution in [0.3, 0.4) is 0 Å². The molecule has 0 aliphatic rings. The molecule has 0 bridgehead atoms. The van der Waals surface area contributed by atoms with E-state index in [1.165, 1.54) is 0 Å². The van der Waals surface area contributed by atoms with Crippen LogP contribution in [0, 0.1) is 0 Å². The fourth-order valence-corrected chi connectivity index (χ4v) is 4.74. The van der Waals surface area contributed by atoms with Gasteiger partial charge in [-0.3, -0.25) is 0 Å². The fraction of sp³-hybridized carbons (Fsp3) is 0. The second-order valence-electron chi connectivity index (χ2n) is 10.3. The van der Waals surface area contributed by atoms with Crippen LogP contribution in [0.2, 0.25) is 0 Å². The number of H-pyrrole nitrogens is 6. The van der Waals surface area contributed by atoms with Gasteiger partial charge in [0, 0.05) is 106 Å². The third-order valence-corrected chi connectivity index (χ3v) is 7.13. The summed E-state index contributed by atoms with van der Waals surface area (Å²) in [4.78, 5) is 45.9. The van der Waals surface area contributed by atoms with E-state index in [1.807, 2.05) is 147 Å².